The third kappa shape index (κ3) is 14.2. The van der Waals surface area contributed by atoms with Crippen molar-refractivity contribution in [2.45, 2.75) is 112 Å². The van der Waals surface area contributed by atoms with Crippen molar-refractivity contribution < 1.29 is 33.4 Å². The van der Waals surface area contributed by atoms with Crippen molar-refractivity contribution in [3.63, 3.8) is 0 Å². The summed E-state index contributed by atoms with van der Waals surface area (Å²) in [7, 11) is 1.68. The molecule has 2 rings (SSSR count). The van der Waals surface area contributed by atoms with Gasteiger partial charge in [0.05, 0.1) is 12.3 Å². The molecule has 266 valence electrons. The van der Waals surface area contributed by atoms with Crippen molar-refractivity contribution >= 4 is 35.3 Å². The molecule has 1 N–H and O–H groups in total. The van der Waals surface area contributed by atoms with Crippen LogP contribution in [0.25, 0.3) is 0 Å². The number of benzene rings is 1. The number of rotatable bonds is 16. The molecule has 10 nitrogen and oxygen atoms in total. The second kappa shape index (κ2) is 18.1. The van der Waals surface area contributed by atoms with Gasteiger partial charge in [0.2, 0.25) is 0 Å². The van der Waals surface area contributed by atoms with Gasteiger partial charge in [0, 0.05) is 30.9 Å². The maximum Gasteiger partial charge on any atom is 0.410 e. The average molecular weight is 686 g/mol. The van der Waals surface area contributed by atoms with Crippen LogP contribution < -0.4 is 5.32 Å². The molecule has 0 fully saturated rings. The smallest absolute Gasteiger partial charge is 0.410 e. The molecule has 11 heteroatoms. The van der Waals surface area contributed by atoms with E-state index in [1.165, 1.54) is 22.3 Å². The molecule has 0 saturated heterocycles. The number of thiazole rings is 1. The third-order valence-electron chi connectivity index (χ3n) is 7.43. The highest BCUT2D eigenvalue weighted by atomic mass is 32.1. The summed E-state index contributed by atoms with van der Waals surface area (Å²) in [5, 5.41) is 5.15. The SMILES string of the molecule is C=CCOC(=O)[C@@H](C)C[C@H](Cc1ccccc1)NC(=O)c1csc([C@@H](C[C@H](C(C)C)N(C)C(=O)OC(C)(C)C)OC(=O)CC(C)(C)C)n1. The van der Waals surface area contributed by atoms with Gasteiger partial charge < -0.3 is 24.4 Å². The molecule has 4 atom stereocenters. The summed E-state index contributed by atoms with van der Waals surface area (Å²) in [5.41, 5.74) is 0.204. The molecule has 0 radical (unpaired) electrons. The Morgan fingerprint density at radius 1 is 1.02 bits per heavy atom. The zero-order valence-corrected chi connectivity index (χ0v) is 31.1. The number of amides is 2. The number of hydrogen-bond donors (Lipinski definition) is 1. The molecule has 0 saturated carbocycles. The Bertz CT molecular complexity index is 1360. The number of carbonyl (C=O) groups is 4. The normalized spacial score (nSPS) is 14.3. The summed E-state index contributed by atoms with van der Waals surface area (Å²) in [6.45, 7) is 20.7. The number of carbonyl (C=O) groups excluding carboxylic acids is 4. The van der Waals surface area contributed by atoms with E-state index in [9.17, 15) is 19.2 Å². The minimum Gasteiger partial charge on any atom is -0.461 e. The largest absolute Gasteiger partial charge is 0.461 e. The number of hydrogen-bond acceptors (Lipinski definition) is 9. The monoisotopic (exact) mass is 685 g/mol. The molecule has 2 aromatic rings. The van der Waals surface area contributed by atoms with Crippen molar-refractivity contribution in [2.75, 3.05) is 13.7 Å². The fourth-order valence-electron chi connectivity index (χ4n) is 5.10. The summed E-state index contributed by atoms with van der Waals surface area (Å²) >= 11 is 1.22. The summed E-state index contributed by atoms with van der Waals surface area (Å²) in [5.74, 6) is -1.64. The zero-order valence-electron chi connectivity index (χ0n) is 30.3. The van der Waals surface area contributed by atoms with E-state index in [1.54, 1.807) is 19.4 Å². The van der Waals surface area contributed by atoms with Gasteiger partial charge in [0.15, 0.2) is 6.10 Å². The van der Waals surface area contributed by atoms with Crippen LogP contribution in [0.15, 0.2) is 48.4 Å². The average Bonchev–Trinajstić information content (AvgIpc) is 3.46. The Labute approximate surface area is 290 Å². The number of esters is 2. The molecule has 1 aromatic carbocycles. The van der Waals surface area contributed by atoms with Gasteiger partial charge in [-0.05, 0) is 50.5 Å². The second-order valence-electron chi connectivity index (χ2n) is 14.8. The summed E-state index contributed by atoms with van der Waals surface area (Å²) < 4.78 is 16.9. The van der Waals surface area contributed by atoms with E-state index in [2.05, 4.69) is 16.9 Å². The molecule has 48 heavy (non-hydrogen) atoms. The van der Waals surface area contributed by atoms with Crippen molar-refractivity contribution in [1.82, 2.24) is 15.2 Å². The molecular weight excluding hydrogens is 630 g/mol. The van der Waals surface area contributed by atoms with Crippen LogP contribution in [0.1, 0.15) is 109 Å². The predicted molar refractivity (Wildman–Crippen MR) is 189 cm³/mol. The van der Waals surface area contributed by atoms with Gasteiger partial charge in [0.25, 0.3) is 5.91 Å². The van der Waals surface area contributed by atoms with Crippen LogP contribution in [0.3, 0.4) is 0 Å². The van der Waals surface area contributed by atoms with E-state index in [-0.39, 0.29) is 54.5 Å². The molecule has 0 bridgehead atoms. The van der Waals surface area contributed by atoms with Crippen LogP contribution in [-0.4, -0.2) is 65.2 Å². The highest BCUT2D eigenvalue weighted by Gasteiger charge is 2.34. The van der Waals surface area contributed by atoms with E-state index in [1.807, 2.05) is 85.7 Å². The third-order valence-corrected chi connectivity index (χ3v) is 8.36. The molecule has 0 aliphatic rings. The lowest BCUT2D eigenvalue weighted by Crippen LogP contribution is -2.44. The Morgan fingerprint density at radius 2 is 1.67 bits per heavy atom. The summed E-state index contributed by atoms with van der Waals surface area (Å²) in [6.07, 6.45) is 1.54. The molecular formula is C37H55N3O7S. The van der Waals surface area contributed by atoms with Gasteiger partial charge in [0.1, 0.15) is 22.9 Å². The standard InChI is InChI=1S/C37H55N3O7S/c1-12-18-45-34(43)25(4)19-27(20-26-16-14-13-15-17-26)38-32(42)28-23-48-33(39-28)30(46-31(41)22-36(5,6)7)21-29(24(2)3)40(11)35(44)47-37(8,9)10/h12-17,23-25,27,29-30H,1,18-22H2,2-11H3,(H,38,42)/t25-,27+,29+,30+/m0/s1. The minimum atomic E-state index is -0.802. The van der Waals surface area contributed by atoms with Gasteiger partial charge in [-0.15, -0.1) is 11.3 Å². The molecule has 0 aliphatic heterocycles. The van der Waals surface area contributed by atoms with Crippen LogP contribution in [0.2, 0.25) is 0 Å². The van der Waals surface area contributed by atoms with Crippen LogP contribution in [-0.2, 0) is 30.2 Å². The van der Waals surface area contributed by atoms with Gasteiger partial charge in [-0.3, -0.25) is 14.4 Å². The molecule has 0 spiro atoms. The Kier molecular flexibility index (Phi) is 15.3. The Balaban J connectivity index is 2.36. The van der Waals surface area contributed by atoms with Gasteiger partial charge in [-0.25, -0.2) is 9.78 Å². The fourth-order valence-corrected chi connectivity index (χ4v) is 5.94. The highest BCUT2D eigenvalue weighted by Crippen LogP contribution is 2.32. The minimum absolute atomic E-state index is 0.00651. The van der Waals surface area contributed by atoms with Gasteiger partial charge in [-0.1, -0.05) is 84.5 Å². The van der Waals surface area contributed by atoms with Crippen LogP contribution in [0.4, 0.5) is 4.79 Å². The first-order chi connectivity index (χ1) is 22.3. The van der Waals surface area contributed by atoms with Crippen LogP contribution in [0.5, 0.6) is 0 Å². The first-order valence-electron chi connectivity index (χ1n) is 16.5. The van der Waals surface area contributed by atoms with E-state index in [0.29, 0.717) is 17.8 Å². The summed E-state index contributed by atoms with van der Waals surface area (Å²) in [6, 6.07) is 8.97. The van der Waals surface area contributed by atoms with Crippen LogP contribution >= 0.6 is 11.3 Å². The second-order valence-corrected chi connectivity index (χ2v) is 15.7. The lowest BCUT2D eigenvalue weighted by Gasteiger charge is -2.34. The number of nitrogens with zero attached hydrogens (tertiary/aromatic N) is 2. The Hall–Kier alpha value is -3.73. The zero-order chi connectivity index (χ0) is 36.2. The van der Waals surface area contributed by atoms with Gasteiger partial charge in [-0.2, -0.15) is 0 Å². The van der Waals surface area contributed by atoms with Crippen molar-refractivity contribution in [3.8, 4) is 0 Å². The first-order valence-corrected chi connectivity index (χ1v) is 17.4. The summed E-state index contributed by atoms with van der Waals surface area (Å²) in [4.78, 5) is 58.4. The fraction of sp³-hybridized carbons (Fsp3) is 0.595. The predicted octanol–water partition coefficient (Wildman–Crippen LogP) is 7.54. The topological polar surface area (TPSA) is 124 Å². The number of aromatic nitrogens is 1. The molecule has 0 unspecified atom stereocenters. The lowest BCUT2D eigenvalue weighted by atomic mass is 9.92. The molecule has 1 heterocycles. The maximum atomic E-state index is 13.6. The van der Waals surface area contributed by atoms with Crippen LogP contribution in [0, 0.1) is 17.3 Å². The first kappa shape index (κ1) is 40.4. The van der Waals surface area contributed by atoms with E-state index >= 15 is 0 Å². The van der Waals surface area contributed by atoms with E-state index in [0.717, 1.165) is 5.56 Å². The van der Waals surface area contributed by atoms with E-state index < -0.39 is 35.6 Å². The molecule has 1 aromatic heterocycles. The van der Waals surface area contributed by atoms with Crippen molar-refractivity contribution in [1.29, 1.82) is 0 Å². The Morgan fingerprint density at radius 3 is 2.23 bits per heavy atom. The van der Waals surface area contributed by atoms with Crippen molar-refractivity contribution in [2.24, 2.45) is 17.3 Å². The molecule has 0 aliphatic carbocycles. The quantitative estimate of drug-likeness (QED) is 0.109. The number of nitrogens with one attached hydrogen (secondary N) is 1. The van der Waals surface area contributed by atoms with Crippen molar-refractivity contribution in [3.05, 3.63) is 64.6 Å². The maximum absolute atomic E-state index is 13.6. The highest BCUT2D eigenvalue weighted by molar-refractivity contribution is 7.09. The van der Waals surface area contributed by atoms with Gasteiger partial charge >= 0.3 is 18.0 Å². The van der Waals surface area contributed by atoms with E-state index in [4.69, 9.17) is 14.2 Å². The lowest BCUT2D eigenvalue weighted by molar-refractivity contribution is -0.153. The molecule has 2 amide bonds. The number of ether oxygens (including phenoxy) is 3.